The first kappa shape index (κ1) is 25.6. The maximum Gasteiger partial charge on any atom is 0.351 e. The molecule has 0 radical (unpaired) electrons. The summed E-state index contributed by atoms with van der Waals surface area (Å²) < 4.78 is 38.6. The Morgan fingerprint density at radius 1 is 1.14 bits per heavy atom. The van der Waals surface area contributed by atoms with E-state index in [-0.39, 0.29) is 11.4 Å². The second kappa shape index (κ2) is 9.19. The third kappa shape index (κ3) is 4.43. The summed E-state index contributed by atoms with van der Waals surface area (Å²) in [6.07, 6.45) is -3.32. The van der Waals surface area contributed by atoms with Crippen LogP contribution in [0, 0.1) is 0 Å². The lowest BCUT2D eigenvalue weighted by molar-refractivity contribution is -0.140. The number of Topliss-reactive ketones (excluding diaryl/α,β-unsaturated/α-hetero) is 2. The van der Waals surface area contributed by atoms with Gasteiger partial charge in [0.05, 0.1) is 6.61 Å². The van der Waals surface area contributed by atoms with Crippen molar-refractivity contribution in [3.63, 3.8) is 0 Å². The molecule has 3 atom stereocenters. The van der Waals surface area contributed by atoms with E-state index in [2.05, 4.69) is 4.98 Å². The van der Waals surface area contributed by atoms with E-state index in [1.54, 1.807) is 12.1 Å². The van der Waals surface area contributed by atoms with Gasteiger partial charge in [-0.2, -0.15) is 13.8 Å². The van der Waals surface area contributed by atoms with E-state index in [4.69, 9.17) is 20.3 Å². The molecule has 0 unspecified atom stereocenters. The Labute approximate surface area is 204 Å². The maximum absolute atomic E-state index is 13.7. The van der Waals surface area contributed by atoms with Gasteiger partial charge in [0, 0.05) is 22.9 Å². The number of nitrogen functional groups attached to an aromatic ring is 1. The summed E-state index contributed by atoms with van der Waals surface area (Å²) in [5.41, 5.74) is 5.68. The van der Waals surface area contributed by atoms with E-state index in [1.807, 2.05) is 26.0 Å². The molecular weight excluding hydrogens is 480 g/mol. The molecule has 4 N–H and O–H groups in total. The quantitative estimate of drug-likeness (QED) is 0.515. The van der Waals surface area contributed by atoms with Crippen LogP contribution >= 0.6 is 0 Å². The minimum Gasteiger partial charge on any atom is -0.487 e. The molecule has 2 aliphatic heterocycles. The largest absolute Gasteiger partial charge is 0.487 e. The smallest absolute Gasteiger partial charge is 0.351 e. The van der Waals surface area contributed by atoms with E-state index in [0.29, 0.717) is 27.9 Å². The molecule has 1 fully saturated rings. The van der Waals surface area contributed by atoms with Gasteiger partial charge in [0.25, 0.3) is 0 Å². The Kier molecular flexibility index (Phi) is 6.54. The molecule has 36 heavy (non-hydrogen) atoms. The number of alkyl halides is 2. The maximum atomic E-state index is 13.7. The average Bonchev–Trinajstić information content (AvgIpc) is 3.06. The van der Waals surface area contributed by atoms with E-state index in [9.17, 15) is 28.3 Å². The van der Waals surface area contributed by atoms with E-state index in [1.165, 1.54) is 0 Å². The monoisotopic (exact) mass is 505 g/mol. The number of fused-ring (bicyclic) bond motifs is 2. The summed E-state index contributed by atoms with van der Waals surface area (Å²) in [4.78, 5) is 38.8. The molecule has 0 spiro atoms. The van der Waals surface area contributed by atoms with Crippen LogP contribution in [-0.2, 0) is 14.3 Å². The summed E-state index contributed by atoms with van der Waals surface area (Å²) >= 11 is 0. The summed E-state index contributed by atoms with van der Waals surface area (Å²) in [6.45, 7) is 3.21. The Balaban J connectivity index is 0.000000169. The molecule has 0 bridgehead atoms. The van der Waals surface area contributed by atoms with Crippen molar-refractivity contribution < 1.29 is 38.1 Å². The van der Waals surface area contributed by atoms with Crippen molar-refractivity contribution in [2.24, 2.45) is 0 Å². The molecular formula is C24H25F2N3O7. The number of hydrogen-bond donors (Lipinski definition) is 3. The second-order valence-corrected chi connectivity index (χ2v) is 9.24. The highest BCUT2D eigenvalue weighted by molar-refractivity contribution is 6.52. The van der Waals surface area contributed by atoms with Crippen molar-refractivity contribution in [1.82, 2.24) is 9.55 Å². The number of carbonyl (C=O) groups excluding carboxylic acids is 2. The number of anilines is 1. The second-order valence-electron chi connectivity index (χ2n) is 9.24. The first-order chi connectivity index (χ1) is 16.9. The standard InChI is InChI=1S/C15H14O3.C9H11F2N3O4/c1-15(2)8-7-11-13(17)12(16)9-5-3-4-6-10(9)14(11)18-15;10-9(11)6(16)4(3-15)18-7(9)14-2-1-5(12)13-8(14)17/h3-6H,7-8H2,1-2H3;1-2,4,6-7,15-16H,3H2,(H2,12,13,17)/t;4-,6-,7-/m.1/s1. The molecule has 0 saturated carbocycles. The number of ether oxygens (including phenoxy) is 2. The van der Waals surface area contributed by atoms with Crippen molar-refractivity contribution in [3.8, 4) is 0 Å². The molecule has 3 heterocycles. The highest BCUT2D eigenvalue weighted by atomic mass is 19.3. The summed E-state index contributed by atoms with van der Waals surface area (Å²) in [7, 11) is 0. The molecule has 1 saturated heterocycles. The number of allylic oxidation sites excluding steroid dienone is 1. The van der Waals surface area contributed by atoms with Gasteiger partial charge in [0.2, 0.25) is 17.8 Å². The van der Waals surface area contributed by atoms with Gasteiger partial charge in [-0.1, -0.05) is 24.3 Å². The SMILES string of the molecule is CC1(C)CCC2=C(O1)c1ccccc1C(=O)C2=O.Nc1ccn([C@@H]2O[C@H](CO)[C@@H](O)C2(F)F)c(=O)n1. The highest BCUT2D eigenvalue weighted by Crippen LogP contribution is 2.42. The molecule has 10 nitrogen and oxygen atoms in total. The zero-order chi connectivity index (χ0) is 26.4. The van der Waals surface area contributed by atoms with Crippen LogP contribution in [0.25, 0.3) is 5.76 Å². The Hall–Kier alpha value is -3.48. The van der Waals surface area contributed by atoms with Crippen LogP contribution in [0.15, 0.2) is 46.9 Å². The lowest BCUT2D eigenvalue weighted by Crippen LogP contribution is -2.41. The van der Waals surface area contributed by atoms with Crippen molar-refractivity contribution in [2.45, 2.75) is 56.6 Å². The van der Waals surface area contributed by atoms with Crippen LogP contribution in [0.1, 0.15) is 48.8 Å². The lowest BCUT2D eigenvalue weighted by atomic mass is 9.82. The molecule has 1 aromatic heterocycles. The first-order valence-corrected chi connectivity index (χ1v) is 11.1. The van der Waals surface area contributed by atoms with Gasteiger partial charge in [-0.15, -0.1) is 0 Å². The molecule has 3 aliphatic rings. The zero-order valence-electron chi connectivity index (χ0n) is 19.5. The summed E-state index contributed by atoms with van der Waals surface area (Å²) in [5, 5.41) is 18.1. The third-order valence-electron chi connectivity index (χ3n) is 6.19. The minimum atomic E-state index is -3.71. The van der Waals surface area contributed by atoms with Crippen LogP contribution < -0.4 is 11.4 Å². The van der Waals surface area contributed by atoms with Gasteiger partial charge in [-0.3, -0.25) is 14.2 Å². The molecule has 12 heteroatoms. The fraction of sp³-hybridized carbons (Fsp3) is 0.417. The van der Waals surface area contributed by atoms with E-state index < -0.39 is 48.2 Å². The predicted molar refractivity (Wildman–Crippen MR) is 122 cm³/mol. The summed E-state index contributed by atoms with van der Waals surface area (Å²) in [6, 6.07) is 8.31. The molecule has 192 valence electrons. The van der Waals surface area contributed by atoms with Crippen LogP contribution in [0.2, 0.25) is 0 Å². The van der Waals surface area contributed by atoms with Crippen molar-refractivity contribution >= 4 is 23.1 Å². The molecule has 0 amide bonds. The number of halogens is 2. The van der Waals surface area contributed by atoms with Crippen LogP contribution in [-0.4, -0.2) is 61.7 Å². The Bertz CT molecular complexity index is 1300. The average molecular weight is 505 g/mol. The van der Waals surface area contributed by atoms with E-state index in [0.717, 1.165) is 24.2 Å². The number of nitrogens with zero attached hydrogens (tertiary/aromatic N) is 2. The third-order valence-corrected chi connectivity index (χ3v) is 6.19. The first-order valence-electron chi connectivity index (χ1n) is 11.1. The minimum absolute atomic E-state index is 0.114. The number of aliphatic hydroxyl groups excluding tert-OH is 2. The van der Waals surface area contributed by atoms with Gasteiger partial charge >= 0.3 is 11.6 Å². The molecule has 1 aliphatic carbocycles. The molecule has 5 rings (SSSR count). The van der Waals surface area contributed by atoms with Gasteiger partial charge < -0.3 is 25.4 Å². The number of aromatic nitrogens is 2. The Morgan fingerprint density at radius 2 is 1.81 bits per heavy atom. The Morgan fingerprint density at radius 3 is 2.42 bits per heavy atom. The predicted octanol–water partition coefficient (Wildman–Crippen LogP) is 1.46. The number of benzene rings is 1. The van der Waals surface area contributed by atoms with E-state index >= 15 is 0 Å². The van der Waals surface area contributed by atoms with Crippen LogP contribution in [0.3, 0.4) is 0 Å². The highest BCUT2D eigenvalue weighted by Gasteiger charge is 2.59. The van der Waals surface area contributed by atoms with Crippen LogP contribution in [0.4, 0.5) is 14.6 Å². The number of carbonyl (C=O) groups is 2. The lowest BCUT2D eigenvalue weighted by Gasteiger charge is -2.36. The fourth-order valence-corrected chi connectivity index (χ4v) is 4.22. The molecule has 2 aromatic rings. The van der Waals surface area contributed by atoms with Crippen molar-refractivity contribution in [3.05, 3.63) is 63.7 Å². The number of ketones is 2. The molecule has 1 aromatic carbocycles. The van der Waals surface area contributed by atoms with Crippen molar-refractivity contribution in [1.29, 1.82) is 0 Å². The number of nitrogens with two attached hydrogens (primary N) is 1. The zero-order valence-corrected chi connectivity index (χ0v) is 19.5. The van der Waals surface area contributed by atoms with Gasteiger partial charge in [0.1, 0.15) is 23.3 Å². The van der Waals surface area contributed by atoms with Crippen molar-refractivity contribution in [2.75, 3.05) is 12.3 Å². The van der Waals surface area contributed by atoms with Crippen LogP contribution in [0.5, 0.6) is 0 Å². The summed E-state index contributed by atoms with van der Waals surface area (Å²) in [5.74, 6) is -4.04. The number of rotatable bonds is 2. The fourth-order valence-electron chi connectivity index (χ4n) is 4.22. The number of hydrogen-bond acceptors (Lipinski definition) is 9. The van der Waals surface area contributed by atoms with Gasteiger partial charge in [0.15, 0.2) is 6.10 Å². The topological polar surface area (TPSA) is 154 Å². The van der Waals surface area contributed by atoms with Gasteiger partial charge in [-0.25, -0.2) is 4.79 Å². The number of aliphatic hydroxyl groups is 2. The van der Waals surface area contributed by atoms with Gasteiger partial charge in [-0.05, 0) is 32.8 Å². The normalized spacial score (nSPS) is 25.9.